The summed E-state index contributed by atoms with van der Waals surface area (Å²) in [5.74, 6) is -2.73. The van der Waals surface area contributed by atoms with E-state index in [-0.39, 0.29) is 26.1 Å². The van der Waals surface area contributed by atoms with Crippen LogP contribution in [-0.4, -0.2) is 83.6 Å². The second-order valence-electron chi connectivity index (χ2n) is 16.8. The predicted molar refractivity (Wildman–Crippen MR) is 232 cm³/mol. The van der Waals surface area contributed by atoms with Crippen molar-refractivity contribution < 1.29 is 83.8 Å². The van der Waals surface area contributed by atoms with Gasteiger partial charge < -0.3 is 33.5 Å². The average Bonchev–Trinajstić information content (AvgIpc) is 3.81. The zero-order valence-corrected chi connectivity index (χ0v) is 40.0. The fourth-order valence-corrected chi connectivity index (χ4v) is 9.31. The molecule has 0 spiro atoms. The molecule has 3 aromatic rings. The monoisotopic (exact) mass is 988 g/mol. The number of rotatable bonds is 25. The number of carbonyl (C=O) groups is 2. The number of nitrogens with zero attached hydrogens (tertiary/aromatic N) is 2. The number of aromatic nitrogens is 2. The number of carbonyl (C=O) groups excluding carboxylic acids is 2. The van der Waals surface area contributed by atoms with Gasteiger partial charge in [-0.25, -0.2) is 41.5 Å². The topological polar surface area (TPSA) is 243 Å². The van der Waals surface area contributed by atoms with E-state index in [2.05, 4.69) is 0 Å². The molecule has 0 radical (unpaired) electrons. The molecule has 1 aliphatic heterocycles. The zero-order valence-electron chi connectivity index (χ0n) is 38.2. The molecule has 1 aromatic heterocycles. The molecule has 2 aromatic carbocycles. The van der Waals surface area contributed by atoms with E-state index in [4.69, 9.17) is 55.6 Å². The van der Waals surface area contributed by atoms with Crippen LogP contribution in [0.3, 0.4) is 0 Å². The van der Waals surface area contributed by atoms with Crippen molar-refractivity contribution in [2.75, 3.05) is 33.5 Å². The summed E-state index contributed by atoms with van der Waals surface area (Å²) in [6, 6.07) is 18.5. The summed E-state index contributed by atoms with van der Waals surface area (Å²) in [4.78, 5) is 51.8. The Morgan fingerprint density at radius 3 is 1.78 bits per heavy atom. The van der Waals surface area contributed by atoms with Crippen LogP contribution in [0.25, 0.3) is 0 Å². The fourth-order valence-electron chi connectivity index (χ4n) is 7.25. The van der Waals surface area contributed by atoms with Crippen LogP contribution in [-0.2, 0) is 84.6 Å². The lowest BCUT2D eigenvalue weighted by molar-refractivity contribution is -0.218. The quantitative estimate of drug-likeness (QED) is 0.0482. The van der Waals surface area contributed by atoms with Crippen molar-refractivity contribution in [1.29, 1.82) is 0 Å². The van der Waals surface area contributed by atoms with E-state index < -0.39 is 121 Å². The van der Waals surface area contributed by atoms with Crippen LogP contribution in [0.15, 0.2) is 82.5 Å². The number of benzene rings is 2. The molecule has 21 nitrogen and oxygen atoms in total. The van der Waals surface area contributed by atoms with Gasteiger partial charge in [-0.1, -0.05) is 74.5 Å². The van der Waals surface area contributed by atoms with Crippen LogP contribution in [0.1, 0.15) is 84.6 Å². The smallest absolute Gasteiger partial charge is 0.432 e. The first-order chi connectivity index (χ1) is 31.7. The lowest BCUT2D eigenvalue weighted by Crippen LogP contribution is -2.49. The van der Waals surface area contributed by atoms with Gasteiger partial charge in [-0.05, 0) is 51.7 Å². The van der Waals surface area contributed by atoms with Gasteiger partial charge in [-0.3, -0.25) is 27.5 Å². The molecule has 1 N–H and O–H groups in total. The molecule has 372 valence electrons. The first kappa shape index (κ1) is 53.6. The molecule has 0 amide bonds. The van der Waals surface area contributed by atoms with Crippen molar-refractivity contribution in [3.63, 3.8) is 0 Å². The number of alkyl halides is 1. The Hall–Kier alpha value is -4.31. The number of aliphatic hydroxyl groups is 1. The van der Waals surface area contributed by atoms with Gasteiger partial charge in [0.05, 0.1) is 38.6 Å². The highest BCUT2D eigenvalue weighted by Crippen LogP contribution is 2.58. The van der Waals surface area contributed by atoms with E-state index in [1.54, 1.807) is 102 Å². The highest BCUT2D eigenvalue weighted by Gasteiger charge is 2.62. The number of halogens is 1. The third-order valence-electron chi connectivity index (χ3n) is 10.7. The summed E-state index contributed by atoms with van der Waals surface area (Å²) in [5.41, 5.74) is -4.23. The van der Waals surface area contributed by atoms with Gasteiger partial charge >= 0.3 is 33.6 Å². The first-order valence-electron chi connectivity index (χ1n) is 21.4. The standard InChI is InChI=1S/C43H59FN2O19P2/c1-31(2)63-39(49)54-29-61-67(53,62-30-55-40(50)64-32(3)4)59-27-42(26-44)35(25-56-43(51)20-13-14-21-43)41(5,6)37(65-42)45-22-19-36(47)46(38(45)48)28-60-66(52,57-23-33-15-9-7-10-16-33)58-24-34-17-11-8-12-18-34/h7-12,15-19,22,31-32,35,37,51H,13-14,20-21,23-30H2,1-6H3/t35-,37+,42+/m0/s1. The van der Waals surface area contributed by atoms with E-state index >= 15 is 4.39 Å². The highest BCUT2D eigenvalue weighted by atomic mass is 31.2. The van der Waals surface area contributed by atoms with Crippen LogP contribution >= 0.6 is 15.6 Å². The van der Waals surface area contributed by atoms with Gasteiger partial charge in [0.15, 0.2) is 5.79 Å². The van der Waals surface area contributed by atoms with E-state index in [0.29, 0.717) is 28.5 Å². The molecule has 2 fully saturated rings. The lowest BCUT2D eigenvalue weighted by atomic mass is 9.72. The van der Waals surface area contributed by atoms with Crippen molar-refractivity contribution in [1.82, 2.24) is 9.13 Å². The Kier molecular flexibility index (Phi) is 19.1. The maximum atomic E-state index is 16.0. The molecule has 2 heterocycles. The van der Waals surface area contributed by atoms with Gasteiger partial charge in [-0.15, -0.1) is 0 Å². The van der Waals surface area contributed by atoms with Gasteiger partial charge in [0.25, 0.3) is 5.56 Å². The Balaban J connectivity index is 1.44. The number of hydrogen-bond donors (Lipinski definition) is 1. The van der Waals surface area contributed by atoms with Crippen molar-refractivity contribution in [3.8, 4) is 0 Å². The Morgan fingerprint density at radius 1 is 0.776 bits per heavy atom. The first-order valence-corrected chi connectivity index (χ1v) is 24.4. The minimum atomic E-state index is -5.00. The zero-order chi connectivity index (χ0) is 48.9. The molecule has 67 heavy (non-hydrogen) atoms. The summed E-state index contributed by atoms with van der Waals surface area (Å²) >= 11 is 0. The van der Waals surface area contributed by atoms with Crippen molar-refractivity contribution in [3.05, 3.63) is 105 Å². The average molecular weight is 989 g/mol. The Labute approximate surface area is 386 Å². The number of phosphoric acid groups is 2. The summed E-state index contributed by atoms with van der Waals surface area (Å²) in [5, 5.41) is 11.2. The summed E-state index contributed by atoms with van der Waals surface area (Å²) in [6.45, 7) is 3.14. The molecular weight excluding hydrogens is 929 g/mol. The third kappa shape index (κ3) is 15.1. The van der Waals surface area contributed by atoms with Crippen LogP contribution < -0.4 is 11.2 Å². The molecule has 24 heteroatoms. The van der Waals surface area contributed by atoms with Gasteiger partial charge in [0, 0.05) is 36.4 Å². The largest absolute Gasteiger partial charge is 0.510 e. The highest BCUT2D eigenvalue weighted by molar-refractivity contribution is 7.48. The maximum absolute atomic E-state index is 16.0. The van der Waals surface area contributed by atoms with E-state index in [0.717, 1.165) is 16.8 Å². The Morgan fingerprint density at radius 2 is 1.28 bits per heavy atom. The Bertz CT molecular complexity index is 2210. The molecule has 5 rings (SSSR count). The minimum Gasteiger partial charge on any atom is -0.432 e. The van der Waals surface area contributed by atoms with Gasteiger partial charge in [0.1, 0.15) is 25.2 Å². The molecular formula is C43H59FN2O19P2. The minimum absolute atomic E-state index is 0.213. The molecule has 3 atom stereocenters. The summed E-state index contributed by atoms with van der Waals surface area (Å²) in [6.07, 6.45) is -2.08. The second kappa shape index (κ2) is 23.8. The molecule has 0 bridgehead atoms. The van der Waals surface area contributed by atoms with E-state index in [1.807, 2.05) is 0 Å². The van der Waals surface area contributed by atoms with Gasteiger partial charge in [-0.2, -0.15) is 0 Å². The van der Waals surface area contributed by atoms with Crippen molar-refractivity contribution in [2.45, 2.75) is 117 Å². The normalized spacial score (nSPS) is 20.3. The van der Waals surface area contributed by atoms with E-state index in [9.17, 15) is 33.4 Å². The molecule has 1 saturated heterocycles. The van der Waals surface area contributed by atoms with Crippen molar-refractivity contribution >= 4 is 28.0 Å². The maximum Gasteiger partial charge on any atom is 0.510 e. The summed E-state index contributed by atoms with van der Waals surface area (Å²) < 4.78 is 111. The van der Waals surface area contributed by atoms with Gasteiger partial charge in [0.2, 0.25) is 13.6 Å². The SMILES string of the molecule is CC(C)OC(=O)OCOP(=O)(OCOC(=O)OC(C)C)OC[C@@]1(CF)O[C@@H](n2ccc(=O)n(COP(=O)(OCc3ccccc3)OCc3ccccc3)c2=O)C(C)(C)[C@@H]1COC1(O)CCCC1. The third-order valence-corrected chi connectivity index (χ3v) is 13.3. The van der Waals surface area contributed by atoms with Crippen LogP contribution in [0.2, 0.25) is 0 Å². The van der Waals surface area contributed by atoms with E-state index in [1.165, 1.54) is 0 Å². The van der Waals surface area contributed by atoms with Crippen LogP contribution in [0, 0.1) is 11.3 Å². The lowest BCUT2D eigenvalue weighted by Gasteiger charge is -2.38. The van der Waals surface area contributed by atoms with Crippen LogP contribution in [0.5, 0.6) is 0 Å². The molecule has 0 unspecified atom stereocenters. The molecule has 1 aliphatic carbocycles. The second-order valence-corrected chi connectivity index (χ2v) is 20.2. The molecule has 1 saturated carbocycles. The summed E-state index contributed by atoms with van der Waals surface area (Å²) in [7, 11) is -9.52. The number of ether oxygens (including phenoxy) is 6. The van der Waals surface area contributed by atoms with Crippen molar-refractivity contribution in [2.24, 2.45) is 11.3 Å². The molecule has 2 aliphatic rings. The van der Waals surface area contributed by atoms with Crippen LogP contribution in [0.4, 0.5) is 14.0 Å². The number of phosphoric ester groups is 2. The number of hydrogen-bond acceptors (Lipinski definition) is 19. The fraction of sp³-hybridized carbons (Fsp3) is 0.581. The predicted octanol–water partition coefficient (Wildman–Crippen LogP) is 7.88.